The number of nitro groups is 1. The lowest BCUT2D eigenvalue weighted by atomic mass is 10.0. The molecule has 0 saturated carbocycles. The number of Topliss-reactive ketones (excluding diaryl/α,β-unsaturated/α-hetero) is 1. The van der Waals surface area contributed by atoms with Crippen molar-refractivity contribution in [3.05, 3.63) is 98.1 Å². The van der Waals surface area contributed by atoms with E-state index in [-0.39, 0.29) is 28.4 Å². The van der Waals surface area contributed by atoms with Gasteiger partial charge in [-0.15, -0.1) is 0 Å². The van der Waals surface area contributed by atoms with Crippen LogP contribution in [0.3, 0.4) is 0 Å². The number of aldehydes is 1. The highest BCUT2D eigenvalue weighted by atomic mass is 35.5. The molecule has 0 heterocycles. The Morgan fingerprint density at radius 3 is 2.29 bits per heavy atom. The first-order valence-electron chi connectivity index (χ1n) is 10.8. The number of nitrogens with zero attached hydrogens (tertiary/aromatic N) is 1. The van der Waals surface area contributed by atoms with E-state index in [2.05, 4.69) is 5.32 Å². The summed E-state index contributed by atoms with van der Waals surface area (Å²) in [5.74, 6) is -1.37. The van der Waals surface area contributed by atoms with Gasteiger partial charge in [-0.25, -0.2) is 0 Å². The van der Waals surface area contributed by atoms with E-state index in [1.165, 1.54) is 37.4 Å². The molecule has 3 rings (SSSR count). The lowest BCUT2D eigenvalue weighted by molar-refractivity contribution is -0.384. The molecule has 0 saturated heterocycles. The Morgan fingerprint density at radius 2 is 1.76 bits per heavy atom. The molecule has 1 atom stereocenters. The highest BCUT2D eigenvalue weighted by molar-refractivity contribution is 6.63. The molecule has 2 N–H and O–H groups in total. The summed E-state index contributed by atoms with van der Waals surface area (Å²) in [5.41, 5.74) is 2.07. The van der Waals surface area contributed by atoms with Crippen LogP contribution in [0.2, 0.25) is 5.02 Å². The molecule has 3 aromatic carbocycles. The van der Waals surface area contributed by atoms with Gasteiger partial charge in [-0.1, -0.05) is 29.8 Å². The van der Waals surface area contributed by atoms with Crippen molar-refractivity contribution in [1.29, 1.82) is 0 Å². The zero-order chi connectivity index (χ0) is 28.4. The van der Waals surface area contributed by atoms with Gasteiger partial charge < -0.3 is 15.2 Å². The monoisotopic (exact) mass is 560 g/mol. The average Bonchev–Trinajstić information content (AvgIpc) is 2.89. The van der Waals surface area contributed by atoms with Crippen LogP contribution in [0.1, 0.15) is 31.8 Å². The third-order valence-electron chi connectivity index (χ3n) is 5.09. The van der Waals surface area contributed by atoms with Crippen molar-refractivity contribution in [1.82, 2.24) is 0 Å². The Hall–Kier alpha value is -4.12. The van der Waals surface area contributed by atoms with Gasteiger partial charge in [0.2, 0.25) is 11.0 Å². The van der Waals surface area contributed by atoms with Crippen LogP contribution in [0, 0.1) is 17.0 Å². The summed E-state index contributed by atoms with van der Waals surface area (Å²) in [6.45, 7) is 1.83. The van der Waals surface area contributed by atoms with E-state index in [1.54, 1.807) is 18.2 Å². The lowest BCUT2D eigenvalue weighted by Crippen LogP contribution is -2.35. The third kappa shape index (κ3) is 8.48. The number of anilines is 1. The van der Waals surface area contributed by atoms with E-state index >= 15 is 0 Å². The molecule has 0 bridgehead atoms. The van der Waals surface area contributed by atoms with Crippen molar-refractivity contribution in [2.24, 2.45) is 0 Å². The molecule has 12 heteroatoms. The zero-order valence-electron chi connectivity index (χ0n) is 20.1. The highest BCUT2D eigenvalue weighted by Gasteiger charge is 2.26. The molecular weight excluding hydrogens is 539 g/mol. The molecule has 1 amide bonds. The number of nitro benzene ring substituents is 1. The number of methoxy groups -OCH3 is 1. The van der Waals surface area contributed by atoms with Crippen LogP contribution in [0.5, 0.6) is 5.75 Å². The van der Waals surface area contributed by atoms with Crippen molar-refractivity contribution in [3.8, 4) is 5.75 Å². The standard InChI is InChI=1S/C16H13ClN2O6.C10H9ClO2/c1-25-11-5-2-9(3-6-11)14(20)15(21)16(22)18-13-8-10(19(23)24)4-7-12(13)17;1-7-4-8(5-10(11)13)2-3-9(7)6-12/h2-8,15,21H,1H3,(H,18,22);2-4,6H,5H2,1H3. The number of carbonyl (C=O) groups is 4. The topological polar surface area (TPSA) is 153 Å². The summed E-state index contributed by atoms with van der Waals surface area (Å²) in [6, 6.07) is 14.5. The van der Waals surface area contributed by atoms with Gasteiger partial charge in [-0.2, -0.15) is 0 Å². The summed E-state index contributed by atoms with van der Waals surface area (Å²) in [6.07, 6.45) is -0.993. The fourth-order valence-corrected chi connectivity index (χ4v) is 3.42. The largest absolute Gasteiger partial charge is 0.497 e. The molecule has 198 valence electrons. The fraction of sp³-hybridized carbons (Fsp3) is 0.154. The maximum absolute atomic E-state index is 12.1. The molecule has 0 spiro atoms. The smallest absolute Gasteiger partial charge is 0.271 e. The van der Waals surface area contributed by atoms with Gasteiger partial charge in [0.15, 0.2) is 6.10 Å². The number of benzene rings is 3. The van der Waals surface area contributed by atoms with Crippen LogP contribution in [0.4, 0.5) is 11.4 Å². The van der Waals surface area contributed by atoms with Crippen LogP contribution in [0.15, 0.2) is 60.7 Å². The Kier molecular flexibility index (Phi) is 11.1. The van der Waals surface area contributed by atoms with Crippen molar-refractivity contribution < 1.29 is 33.9 Å². The van der Waals surface area contributed by atoms with E-state index in [4.69, 9.17) is 27.9 Å². The lowest BCUT2D eigenvalue weighted by Gasteiger charge is -2.12. The molecule has 0 aliphatic rings. The van der Waals surface area contributed by atoms with Crippen LogP contribution in [-0.4, -0.2) is 46.5 Å². The SMILES string of the molecule is COc1ccc(C(=O)C(O)C(=O)Nc2cc([N+](=O)[O-])ccc2Cl)cc1.Cc1cc(CC(=O)Cl)ccc1C=O. The number of hydrogen-bond acceptors (Lipinski definition) is 8. The van der Waals surface area contributed by atoms with Gasteiger partial charge in [0, 0.05) is 29.7 Å². The molecule has 0 aliphatic carbocycles. The van der Waals surface area contributed by atoms with Crippen molar-refractivity contribution >= 4 is 57.8 Å². The second kappa shape index (κ2) is 14.0. The maximum atomic E-state index is 12.1. The normalized spacial score (nSPS) is 10.9. The predicted molar refractivity (Wildman–Crippen MR) is 141 cm³/mol. The first-order chi connectivity index (χ1) is 18.0. The number of aryl methyl sites for hydroxylation is 1. The molecule has 0 radical (unpaired) electrons. The molecular formula is C26H22Cl2N2O8. The predicted octanol–water partition coefficient (Wildman–Crippen LogP) is 4.55. The van der Waals surface area contributed by atoms with Crippen LogP contribution in [-0.2, 0) is 16.0 Å². The molecule has 1 unspecified atom stereocenters. The van der Waals surface area contributed by atoms with Crippen molar-refractivity contribution in [3.63, 3.8) is 0 Å². The summed E-state index contributed by atoms with van der Waals surface area (Å²) in [4.78, 5) is 55.3. The summed E-state index contributed by atoms with van der Waals surface area (Å²) >= 11 is 11.1. The van der Waals surface area contributed by atoms with Crippen LogP contribution >= 0.6 is 23.2 Å². The number of halogens is 2. The van der Waals surface area contributed by atoms with Crippen LogP contribution < -0.4 is 10.1 Å². The van der Waals surface area contributed by atoms with E-state index in [0.717, 1.165) is 29.5 Å². The number of rotatable bonds is 9. The van der Waals surface area contributed by atoms with Gasteiger partial charge in [0.05, 0.1) is 22.7 Å². The summed E-state index contributed by atoms with van der Waals surface area (Å²) < 4.78 is 4.96. The number of aliphatic hydroxyl groups excluding tert-OH is 1. The van der Waals surface area contributed by atoms with Crippen molar-refractivity contribution in [2.45, 2.75) is 19.4 Å². The quantitative estimate of drug-likeness (QED) is 0.0964. The molecule has 0 fully saturated rings. The number of aliphatic hydroxyl groups is 1. The molecule has 0 aromatic heterocycles. The highest BCUT2D eigenvalue weighted by Crippen LogP contribution is 2.27. The Bertz CT molecular complexity index is 1360. The van der Waals surface area contributed by atoms with Gasteiger partial charge in [-0.3, -0.25) is 29.3 Å². The molecule has 38 heavy (non-hydrogen) atoms. The molecule has 0 aliphatic heterocycles. The second-order valence-corrected chi connectivity index (χ2v) is 8.58. The van der Waals surface area contributed by atoms with Crippen molar-refractivity contribution in [2.75, 3.05) is 12.4 Å². The van der Waals surface area contributed by atoms with Gasteiger partial charge >= 0.3 is 0 Å². The number of hydrogen-bond donors (Lipinski definition) is 2. The van der Waals surface area contributed by atoms with E-state index in [9.17, 15) is 34.4 Å². The minimum atomic E-state index is -2.00. The number of nitrogens with one attached hydrogen (secondary N) is 1. The van der Waals surface area contributed by atoms with Gasteiger partial charge in [0.25, 0.3) is 11.6 Å². The number of carbonyl (C=O) groups excluding carboxylic acids is 4. The number of ketones is 1. The van der Waals surface area contributed by atoms with Gasteiger partial charge in [-0.05, 0) is 60.0 Å². The first-order valence-corrected chi connectivity index (χ1v) is 11.6. The number of non-ortho nitro benzene ring substituents is 1. The average molecular weight is 561 g/mol. The molecule has 10 nitrogen and oxygen atoms in total. The van der Waals surface area contributed by atoms with E-state index in [0.29, 0.717) is 11.3 Å². The van der Waals surface area contributed by atoms with Gasteiger partial charge in [0.1, 0.15) is 12.0 Å². The maximum Gasteiger partial charge on any atom is 0.271 e. The summed E-state index contributed by atoms with van der Waals surface area (Å²) in [5, 5.41) is 22.5. The second-order valence-electron chi connectivity index (χ2n) is 7.75. The molecule has 3 aromatic rings. The first kappa shape index (κ1) is 30.1. The Balaban J connectivity index is 0.000000328. The number of amides is 1. The zero-order valence-corrected chi connectivity index (χ0v) is 21.7. The minimum Gasteiger partial charge on any atom is -0.497 e. The minimum absolute atomic E-state index is 0.0306. The fourth-order valence-electron chi connectivity index (χ4n) is 3.10. The van der Waals surface area contributed by atoms with E-state index in [1.807, 2.05) is 6.92 Å². The Morgan fingerprint density at radius 1 is 1.11 bits per heavy atom. The van der Waals surface area contributed by atoms with Crippen LogP contribution in [0.25, 0.3) is 0 Å². The summed E-state index contributed by atoms with van der Waals surface area (Å²) in [7, 11) is 1.46. The Labute approximate surface area is 227 Å². The number of ether oxygens (including phenoxy) is 1. The third-order valence-corrected chi connectivity index (χ3v) is 5.56. The van der Waals surface area contributed by atoms with E-state index < -0.39 is 28.0 Å².